The number of fused-ring (bicyclic) bond motifs is 1. The van der Waals surface area contributed by atoms with E-state index in [1.807, 2.05) is 0 Å². The fraction of sp³-hybridized carbons (Fsp3) is 0.529. The van der Waals surface area contributed by atoms with Crippen LogP contribution < -0.4 is 5.73 Å². The lowest BCUT2D eigenvalue weighted by Crippen LogP contribution is -2.31. The van der Waals surface area contributed by atoms with Crippen LogP contribution in [0.5, 0.6) is 0 Å². The fourth-order valence-electron chi connectivity index (χ4n) is 3.44. The number of ether oxygens (including phenoxy) is 1. The van der Waals surface area contributed by atoms with Crippen LogP contribution in [0.15, 0.2) is 18.3 Å². The summed E-state index contributed by atoms with van der Waals surface area (Å²) >= 11 is 0. The Labute approximate surface area is 138 Å². The molecule has 5 nitrogen and oxygen atoms in total. The SMILES string of the molecule is CCOC(=O)C1CCCCC1n1cc2cc(N)c(C(F)F)cc2n1. The Hall–Kier alpha value is -2.18. The van der Waals surface area contributed by atoms with Crippen LogP contribution in [0.4, 0.5) is 14.5 Å². The number of hydrogen-bond acceptors (Lipinski definition) is 4. The molecule has 2 aromatic rings. The number of aromatic nitrogens is 2. The van der Waals surface area contributed by atoms with Gasteiger partial charge in [-0.05, 0) is 31.9 Å². The summed E-state index contributed by atoms with van der Waals surface area (Å²) in [6.45, 7) is 2.13. The topological polar surface area (TPSA) is 70.1 Å². The van der Waals surface area contributed by atoms with Gasteiger partial charge in [0.15, 0.2) is 0 Å². The molecule has 2 N–H and O–H groups in total. The number of benzene rings is 1. The number of halogens is 2. The van der Waals surface area contributed by atoms with E-state index in [1.165, 1.54) is 12.1 Å². The Morgan fingerprint density at radius 3 is 2.88 bits per heavy atom. The van der Waals surface area contributed by atoms with Crippen molar-refractivity contribution in [2.75, 3.05) is 12.3 Å². The lowest BCUT2D eigenvalue weighted by atomic mass is 9.84. The first kappa shape index (κ1) is 16.7. The molecule has 0 saturated heterocycles. The van der Waals surface area contributed by atoms with Crippen LogP contribution in [0.3, 0.4) is 0 Å². The summed E-state index contributed by atoms with van der Waals surface area (Å²) in [5, 5.41) is 5.13. The molecule has 1 saturated carbocycles. The minimum Gasteiger partial charge on any atom is -0.466 e. The lowest BCUT2D eigenvalue weighted by molar-refractivity contribution is -0.151. The number of carbonyl (C=O) groups excluding carboxylic acids is 1. The largest absolute Gasteiger partial charge is 0.466 e. The molecule has 1 aromatic heterocycles. The molecule has 2 unspecified atom stereocenters. The van der Waals surface area contributed by atoms with Crippen molar-refractivity contribution in [3.05, 3.63) is 23.9 Å². The van der Waals surface area contributed by atoms with Gasteiger partial charge in [-0.3, -0.25) is 9.48 Å². The average Bonchev–Trinajstić information content (AvgIpc) is 2.96. The van der Waals surface area contributed by atoms with Crippen molar-refractivity contribution in [1.82, 2.24) is 9.78 Å². The Morgan fingerprint density at radius 2 is 2.17 bits per heavy atom. The normalized spacial score (nSPS) is 21.3. The summed E-state index contributed by atoms with van der Waals surface area (Å²) in [5.74, 6) is -0.463. The van der Waals surface area contributed by atoms with Crippen molar-refractivity contribution in [1.29, 1.82) is 0 Å². The number of rotatable bonds is 4. The zero-order valence-electron chi connectivity index (χ0n) is 13.5. The van der Waals surface area contributed by atoms with E-state index < -0.39 is 6.43 Å². The maximum atomic E-state index is 13.0. The highest BCUT2D eigenvalue weighted by Crippen LogP contribution is 2.36. The summed E-state index contributed by atoms with van der Waals surface area (Å²) in [6.07, 6.45) is 2.69. The van der Waals surface area contributed by atoms with Gasteiger partial charge in [-0.1, -0.05) is 12.8 Å². The maximum Gasteiger partial charge on any atom is 0.311 e. The Bertz CT molecular complexity index is 745. The molecule has 3 rings (SSSR count). The van der Waals surface area contributed by atoms with Gasteiger partial charge in [0.2, 0.25) is 0 Å². The second-order valence-electron chi connectivity index (χ2n) is 6.16. The third-order valence-corrected chi connectivity index (χ3v) is 4.62. The first-order valence-corrected chi connectivity index (χ1v) is 8.24. The van der Waals surface area contributed by atoms with Crippen molar-refractivity contribution in [3.8, 4) is 0 Å². The quantitative estimate of drug-likeness (QED) is 0.679. The monoisotopic (exact) mass is 337 g/mol. The Kier molecular flexibility index (Phi) is 4.69. The number of hydrogen-bond donors (Lipinski definition) is 1. The first-order chi connectivity index (χ1) is 11.5. The molecule has 0 amide bonds. The summed E-state index contributed by atoms with van der Waals surface area (Å²) in [6, 6.07) is 2.73. The lowest BCUT2D eigenvalue weighted by Gasteiger charge is -2.29. The van der Waals surface area contributed by atoms with Crippen LogP contribution in [0.1, 0.15) is 50.6 Å². The van der Waals surface area contributed by atoms with Crippen LogP contribution in [0, 0.1) is 5.92 Å². The van der Waals surface area contributed by atoms with E-state index >= 15 is 0 Å². The number of esters is 1. The molecular formula is C17H21F2N3O2. The number of anilines is 1. The molecule has 1 heterocycles. The van der Waals surface area contributed by atoms with Crippen molar-refractivity contribution in [3.63, 3.8) is 0 Å². The number of nitrogens with zero attached hydrogens (tertiary/aromatic N) is 2. The zero-order chi connectivity index (χ0) is 17.3. The number of nitrogen functional groups attached to an aromatic ring is 1. The van der Waals surface area contributed by atoms with E-state index in [-0.39, 0.29) is 29.2 Å². The molecule has 1 fully saturated rings. The molecule has 130 valence electrons. The number of carbonyl (C=O) groups is 1. The summed E-state index contributed by atoms with van der Waals surface area (Å²) in [5.41, 5.74) is 6.01. The molecule has 0 aliphatic heterocycles. The van der Waals surface area contributed by atoms with Crippen molar-refractivity contribution in [2.24, 2.45) is 5.92 Å². The summed E-state index contributed by atoms with van der Waals surface area (Å²) in [7, 11) is 0. The average molecular weight is 337 g/mol. The highest BCUT2D eigenvalue weighted by atomic mass is 19.3. The molecule has 0 radical (unpaired) electrons. The molecule has 2 atom stereocenters. The van der Waals surface area contributed by atoms with Crippen LogP contribution in [-0.4, -0.2) is 22.4 Å². The van der Waals surface area contributed by atoms with Gasteiger partial charge in [-0.25, -0.2) is 8.78 Å². The molecule has 1 aliphatic carbocycles. The van der Waals surface area contributed by atoms with Gasteiger partial charge in [0.25, 0.3) is 6.43 Å². The second-order valence-corrected chi connectivity index (χ2v) is 6.16. The third-order valence-electron chi connectivity index (χ3n) is 4.62. The van der Waals surface area contributed by atoms with Crippen molar-refractivity contribution >= 4 is 22.6 Å². The van der Waals surface area contributed by atoms with Gasteiger partial charge >= 0.3 is 5.97 Å². The van der Waals surface area contributed by atoms with Gasteiger partial charge in [-0.15, -0.1) is 0 Å². The zero-order valence-corrected chi connectivity index (χ0v) is 13.5. The van der Waals surface area contributed by atoms with Crippen molar-refractivity contribution in [2.45, 2.75) is 45.1 Å². The van der Waals surface area contributed by atoms with Crippen molar-refractivity contribution < 1.29 is 18.3 Å². The van der Waals surface area contributed by atoms with Gasteiger partial charge in [0.05, 0.1) is 24.1 Å². The van der Waals surface area contributed by atoms with E-state index in [0.29, 0.717) is 17.5 Å². The van der Waals surface area contributed by atoms with Gasteiger partial charge in [-0.2, -0.15) is 5.10 Å². The summed E-state index contributed by atoms with van der Waals surface area (Å²) < 4.78 is 32.9. The van der Waals surface area contributed by atoms with E-state index in [1.54, 1.807) is 17.8 Å². The Balaban J connectivity index is 1.96. The van der Waals surface area contributed by atoms with Gasteiger partial charge in [0.1, 0.15) is 0 Å². The molecule has 7 heteroatoms. The van der Waals surface area contributed by atoms with Gasteiger partial charge in [0, 0.05) is 22.8 Å². The third kappa shape index (κ3) is 3.07. The van der Waals surface area contributed by atoms with E-state index in [4.69, 9.17) is 10.5 Å². The minimum atomic E-state index is -2.64. The van der Waals surface area contributed by atoms with E-state index in [0.717, 1.165) is 25.7 Å². The maximum absolute atomic E-state index is 13.0. The predicted octanol–water partition coefficient (Wildman–Crippen LogP) is 3.85. The standard InChI is InChI=1S/C17H21F2N3O2/c1-2-24-17(23)11-5-3-4-6-15(11)22-9-10-7-13(20)12(16(18)19)8-14(10)21-22/h7-9,11,15-16H,2-6,20H2,1H3. The molecule has 0 bridgehead atoms. The number of alkyl halides is 2. The fourth-order valence-corrected chi connectivity index (χ4v) is 3.44. The molecule has 0 spiro atoms. The molecule has 1 aromatic carbocycles. The van der Waals surface area contributed by atoms with E-state index in [2.05, 4.69) is 5.10 Å². The van der Waals surface area contributed by atoms with Gasteiger partial charge < -0.3 is 10.5 Å². The molecule has 24 heavy (non-hydrogen) atoms. The summed E-state index contributed by atoms with van der Waals surface area (Å²) in [4.78, 5) is 12.2. The smallest absolute Gasteiger partial charge is 0.311 e. The van der Waals surface area contributed by atoms with E-state index in [9.17, 15) is 13.6 Å². The first-order valence-electron chi connectivity index (χ1n) is 8.24. The Morgan fingerprint density at radius 1 is 1.42 bits per heavy atom. The van der Waals surface area contributed by atoms with Crippen LogP contribution in [0.2, 0.25) is 0 Å². The highest BCUT2D eigenvalue weighted by molar-refractivity contribution is 5.83. The molecule has 1 aliphatic rings. The minimum absolute atomic E-state index is 0.0580. The number of nitrogens with two attached hydrogens (primary N) is 1. The van der Waals surface area contributed by atoms with Crippen LogP contribution in [0.25, 0.3) is 10.9 Å². The van der Waals surface area contributed by atoms with Crippen LogP contribution in [-0.2, 0) is 9.53 Å². The second kappa shape index (κ2) is 6.75. The molecular weight excluding hydrogens is 316 g/mol. The highest BCUT2D eigenvalue weighted by Gasteiger charge is 2.34. The predicted molar refractivity (Wildman–Crippen MR) is 86.7 cm³/mol. The van der Waals surface area contributed by atoms with Crippen LogP contribution >= 0.6 is 0 Å².